The third-order valence-electron chi connectivity index (χ3n) is 11.3. The Labute approximate surface area is 401 Å². The van der Waals surface area contributed by atoms with Gasteiger partial charge in [-0.3, -0.25) is 29.0 Å². The minimum atomic E-state index is -1.74. The Bertz CT molecular complexity index is 2530. The van der Waals surface area contributed by atoms with Crippen molar-refractivity contribution in [1.29, 1.82) is 0 Å². The van der Waals surface area contributed by atoms with Gasteiger partial charge in [0.05, 0.1) is 18.9 Å². The molecule has 1 saturated heterocycles. The average molecular weight is 955 g/mol. The van der Waals surface area contributed by atoms with Crippen molar-refractivity contribution in [3.05, 3.63) is 113 Å². The van der Waals surface area contributed by atoms with E-state index in [1.807, 2.05) is 43.0 Å². The number of piperazine rings is 1. The Balaban J connectivity index is 0.773. The molecule has 3 heterocycles. The Morgan fingerprint density at radius 3 is 2.55 bits per heavy atom. The quantitative estimate of drug-likeness (QED) is 0.0421. The molecule has 1 aromatic heterocycles. The van der Waals surface area contributed by atoms with Crippen LogP contribution in [0.2, 0.25) is 0 Å². The number of ether oxygens (including phenoxy) is 2. The number of amides is 5. The molecule has 18 heteroatoms. The van der Waals surface area contributed by atoms with Crippen molar-refractivity contribution >= 4 is 68.2 Å². The standard InChI is InChI=1S/C49H57FN8O7S2/c1-49(2,29-45(60)56-55-42-16-24-65-43-27-37(14-15-38(42)43)64-23-5-7-44(59)51-3)67-66-25-17-46(61)58-21-19-57(20-22-58)36-12-9-32(10-13-36)47(62)53-31-34-8-11-35(26-41(34)50)54-48(63)40-28-39(40)33-6-4-18-52-30-33/h4,6,8-15,18,26-27,30,39-40H,5,7,16-17,19-25,28-29,31H2,1-3H3,(H,51,59)(H,53,62)(H,54,63)(H,56,60)/b55-42+/i28D2. The number of anilines is 2. The fraction of sp³-hybridized carbons (Fsp3) is 0.408. The lowest BCUT2D eigenvalue weighted by Crippen LogP contribution is -2.48. The summed E-state index contributed by atoms with van der Waals surface area (Å²) in [6.45, 7) is 7.12. The second-order valence-electron chi connectivity index (χ2n) is 16.9. The van der Waals surface area contributed by atoms with Crippen LogP contribution in [0.5, 0.6) is 11.5 Å². The van der Waals surface area contributed by atoms with Crippen molar-refractivity contribution < 1.29 is 40.6 Å². The maximum absolute atomic E-state index is 15.1. The zero-order valence-electron chi connectivity index (χ0n) is 39.8. The van der Waals surface area contributed by atoms with Crippen LogP contribution < -0.4 is 35.7 Å². The summed E-state index contributed by atoms with van der Waals surface area (Å²) in [5, 5.41) is 12.4. The van der Waals surface area contributed by atoms with Crippen LogP contribution >= 0.6 is 21.6 Å². The molecule has 0 bridgehead atoms. The molecule has 354 valence electrons. The van der Waals surface area contributed by atoms with E-state index in [0.29, 0.717) is 93.5 Å². The summed E-state index contributed by atoms with van der Waals surface area (Å²) in [7, 11) is 4.74. The molecule has 7 rings (SSSR count). The Kier molecular flexibility index (Phi) is 15.8. The van der Waals surface area contributed by atoms with Crippen molar-refractivity contribution in [3.63, 3.8) is 0 Å². The second kappa shape index (κ2) is 23.0. The largest absolute Gasteiger partial charge is 0.493 e. The number of carbonyl (C=O) groups excluding carboxylic acids is 5. The first-order valence-corrected chi connectivity index (χ1v) is 24.6. The lowest BCUT2D eigenvalue weighted by Gasteiger charge is -2.36. The predicted molar refractivity (Wildman–Crippen MR) is 260 cm³/mol. The highest BCUT2D eigenvalue weighted by atomic mass is 33.1. The van der Waals surface area contributed by atoms with E-state index in [9.17, 15) is 24.0 Å². The number of rotatable bonds is 20. The molecule has 3 aliphatic rings. The second-order valence-corrected chi connectivity index (χ2v) is 20.0. The highest BCUT2D eigenvalue weighted by Gasteiger charge is 2.44. The first kappa shape index (κ1) is 46.0. The van der Waals surface area contributed by atoms with Crippen LogP contribution in [0.4, 0.5) is 15.8 Å². The van der Waals surface area contributed by atoms with Crippen LogP contribution in [-0.2, 0) is 25.7 Å². The highest BCUT2D eigenvalue weighted by Crippen LogP contribution is 2.47. The molecule has 4 aromatic rings. The minimum Gasteiger partial charge on any atom is -0.493 e. The third-order valence-corrected chi connectivity index (χ3v) is 14.6. The molecule has 67 heavy (non-hydrogen) atoms. The van der Waals surface area contributed by atoms with Crippen molar-refractivity contribution in [1.82, 2.24) is 25.9 Å². The molecular weight excluding hydrogens is 896 g/mol. The van der Waals surface area contributed by atoms with E-state index >= 15 is 4.39 Å². The molecule has 4 N–H and O–H groups in total. The number of pyridine rings is 1. The van der Waals surface area contributed by atoms with Crippen LogP contribution in [0, 0.1) is 11.7 Å². The van der Waals surface area contributed by atoms with E-state index in [-0.39, 0.29) is 47.8 Å². The number of benzene rings is 3. The SMILES string of the molecule is [2H]C1([2H])C(C(=O)Nc2ccc(CNC(=O)c3ccc(N4CCN(C(=O)CCSSC(C)(C)CC(=O)N/N=C5\CCOc6cc(OCCCC(=O)NC)ccc65)CC4)cc3)c(F)c2)C1c1cccnc1. The van der Waals surface area contributed by atoms with Crippen LogP contribution in [0.25, 0.3) is 0 Å². The average Bonchev–Trinajstić information content (AvgIpc) is 3.94. The molecule has 0 spiro atoms. The van der Waals surface area contributed by atoms with Gasteiger partial charge in [-0.25, -0.2) is 9.82 Å². The molecular formula is C49H57FN8O7S2. The molecule has 15 nitrogen and oxygen atoms in total. The van der Waals surface area contributed by atoms with E-state index in [4.69, 9.17) is 12.2 Å². The maximum Gasteiger partial charge on any atom is 0.251 e. The summed E-state index contributed by atoms with van der Waals surface area (Å²) >= 11 is 0. The Hall–Kier alpha value is -6.14. The van der Waals surface area contributed by atoms with E-state index in [1.54, 1.807) is 71.4 Å². The van der Waals surface area contributed by atoms with Gasteiger partial charge in [0.1, 0.15) is 17.3 Å². The molecule has 2 fully saturated rings. The smallest absolute Gasteiger partial charge is 0.251 e. The summed E-state index contributed by atoms with van der Waals surface area (Å²) < 4.78 is 42.8. The lowest BCUT2D eigenvalue weighted by molar-refractivity contribution is -0.131. The molecule has 1 aliphatic carbocycles. The molecule has 2 aliphatic heterocycles. The van der Waals surface area contributed by atoms with Crippen LogP contribution in [0.15, 0.2) is 90.3 Å². The van der Waals surface area contributed by atoms with Gasteiger partial charge >= 0.3 is 0 Å². The number of hydrazone groups is 1. The first-order chi connectivity index (χ1) is 33.1. The van der Waals surface area contributed by atoms with Gasteiger partial charge in [0.25, 0.3) is 5.91 Å². The molecule has 1 saturated carbocycles. The maximum atomic E-state index is 15.1. The number of carbonyl (C=O) groups is 5. The van der Waals surface area contributed by atoms with Gasteiger partial charge in [0.2, 0.25) is 23.6 Å². The predicted octanol–water partition coefficient (Wildman–Crippen LogP) is 6.69. The summed E-state index contributed by atoms with van der Waals surface area (Å²) in [5.74, 6) is -1.41. The molecule has 5 amide bonds. The zero-order valence-corrected chi connectivity index (χ0v) is 39.4. The van der Waals surface area contributed by atoms with Crippen molar-refractivity contribution in [2.75, 3.05) is 62.4 Å². The number of nitrogens with one attached hydrogen (secondary N) is 4. The van der Waals surface area contributed by atoms with E-state index in [0.717, 1.165) is 23.0 Å². The lowest BCUT2D eigenvalue weighted by atomic mass is 10.0. The zero-order chi connectivity index (χ0) is 49.1. The van der Waals surface area contributed by atoms with Gasteiger partial charge < -0.3 is 35.2 Å². The molecule has 2 atom stereocenters. The van der Waals surface area contributed by atoms with E-state index < -0.39 is 34.7 Å². The summed E-state index contributed by atoms with van der Waals surface area (Å²) in [4.78, 5) is 71.5. The number of hydrogen-bond acceptors (Lipinski definition) is 12. The van der Waals surface area contributed by atoms with Gasteiger partial charge in [0.15, 0.2) is 0 Å². The topological polar surface area (TPSA) is 184 Å². The number of nitrogens with zero attached hydrogens (tertiary/aromatic N) is 4. The summed E-state index contributed by atoms with van der Waals surface area (Å²) in [6.07, 6.45) is 3.51. The van der Waals surface area contributed by atoms with Gasteiger partial charge in [-0.1, -0.05) is 33.7 Å². The third kappa shape index (κ3) is 13.9. The molecule has 2 unspecified atom stereocenters. The fourth-order valence-corrected chi connectivity index (χ4v) is 10.1. The van der Waals surface area contributed by atoms with Gasteiger partial charge in [0, 0.05) is 131 Å². The van der Waals surface area contributed by atoms with Gasteiger partial charge in [-0.15, -0.1) is 0 Å². The van der Waals surface area contributed by atoms with Crippen molar-refractivity contribution in [2.24, 2.45) is 11.0 Å². The Morgan fingerprint density at radius 2 is 1.81 bits per heavy atom. The number of halogens is 1. The minimum absolute atomic E-state index is 0.0337. The van der Waals surface area contributed by atoms with Gasteiger partial charge in [-0.2, -0.15) is 5.10 Å². The number of hydrogen-bond donors (Lipinski definition) is 4. The van der Waals surface area contributed by atoms with Gasteiger partial charge in [-0.05, 0) is 92.7 Å². The highest BCUT2D eigenvalue weighted by molar-refractivity contribution is 8.77. The van der Waals surface area contributed by atoms with E-state index in [2.05, 4.69) is 36.4 Å². The number of fused-ring (bicyclic) bond motifs is 1. The van der Waals surface area contributed by atoms with Crippen molar-refractivity contribution in [3.8, 4) is 11.5 Å². The number of aromatic nitrogens is 1. The normalized spacial score (nSPS) is 18.4. The van der Waals surface area contributed by atoms with Crippen molar-refractivity contribution in [2.45, 2.75) is 69.5 Å². The first-order valence-electron chi connectivity index (χ1n) is 23.3. The molecule has 0 radical (unpaired) electrons. The monoisotopic (exact) mass is 954 g/mol. The Morgan fingerprint density at radius 1 is 1.00 bits per heavy atom. The fourth-order valence-electron chi connectivity index (χ4n) is 7.60. The van der Waals surface area contributed by atoms with Crippen LogP contribution in [-0.4, -0.2) is 102 Å². The van der Waals surface area contributed by atoms with Crippen LogP contribution in [0.1, 0.15) is 88.0 Å². The summed E-state index contributed by atoms with van der Waals surface area (Å²) in [6, 6.07) is 20.2. The van der Waals surface area contributed by atoms with E-state index in [1.165, 1.54) is 12.1 Å². The summed E-state index contributed by atoms with van der Waals surface area (Å²) in [5.41, 5.74) is 6.59. The van der Waals surface area contributed by atoms with Crippen LogP contribution in [0.3, 0.4) is 0 Å². The molecule has 3 aromatic carbocycles.